The van der Waals surface area contributed by atoms with Crippen LogP contribution in [0.4, 0.5) is 0 Å². The zero-order valence-electron chi connectivity index (χ0n) is 12.2. The minimum absolute atomic E-state index is 0.0785. The molecular weight excluding hydrogens is 222 g/mol. The minimum atomic E-state index is -0.0785. The van der Waals surface area contributed by atoms with Gasteiger partial charge in [0.25, 0.3) is 0 Å². The molecule has 0 aromatic carbocycles. The summed E-state index contributed by atoms with van der Waals surface area (Å²) in [6.07, 6.45) is 7.89. The molecule has 0 saturated heterocycles. The van der Waals surface area contributed by atoms with Crippen LogP contribution in [0.1, 0.15) is 52.1 Å². The highest BCUT2D eigenvalue weighted by molar-refractivity contribution is 5.10. The maximum atomic E-state index is 6.78. The molecule has 0 amide bonds. The van der Waals surface area contributed by atoms with Crippen LogP contribution in [0, 0.1) is 11.3 Å². The molecule has 1 heterocycles. The molecule has 0 spiro atoms. The average Bonchev–Trinajstić information content (AvgIpc) is 2.62. The van der Waals surface area contributed by atoms with Crippen molar-refractivity contribution in [1.82, 2.24) is 9.78 Å². The molecule has 1 fully saturated rings. The maximum Gasteiger partial charge on any atom is 0.0642 e. The molecule has 3 nitrogen and oxygen atoms in total. The average molecular weight is 249 g/mol. The van der Waals surface area contributed by atoms with Gasteiger partial charge in [-0.1, -0.05) is 33.6 Å². The van der Waals surface area contributed by atoms with Gasteiger partial charge in [0.15, 0.2) is 0 Å². The Balaban J connectivity index is 2.20. The quantitative estimate of drug-likeness (QED) is 0.876. The molecule has 1 aromatic rings. The van der Waals surface area contributed by atoms with Gasteiger partial charge in [0.1, 0.15) is 0 Å². The first kappa shape index (κ1) is 13.6. The second-order valence-corrected chi connectivity index (χ2v) is 7.06. The van der Waals surface area contributed by atoms with Crippen LogP contribution < -0.4 is 5.73 Å². The van der Waals surface area contributed by atoms with Gasteiger partial charge in [0.2, 0.25) is 0 Å². The Labute approximate surface area is 111 Å². The summed E-state index contributed by atoms with van der Waals surface area (Å²) in [5.74, 6) is 0.584. The lowest BCUT2D eigenvalue weighted by molar-refractivity contribution is 0.0785. The van der Waals surface area contributed by atoms with Gasteiger partial charge < -0.3 is 5.73 Å². The van der Waals surface area contributed by atoms with E-state index in [1.54, 1.807) is 0 Å². The Hall–Kier alpha value is -0.830. The third kappa shape index (κ3) is 2.77. The summed E-state index contributed by atoms with van der Waals surface area (Å²) in [7, 11) is 1.97. The van der Waals surface area contributed by atoms with E-state index in [4.69, 9.17) is 5.73 Å². The van der Waals surface area contributed by atoms with Crippen molar-refractivity contribution in [3.63, 3.8) is 0 Å². The molecule has 1 saturated carbocycles. The third-order valence-corrected chi connectivity index (χ3v) is 4.40. The fourth-order valence-electron chi connectivity index (χ4n) is 3.67. The van der Waals surface area contributed by atoms with E-state index in [-0.39, 0.29) is 11.0 Å². The molecule has 1 aliphatic carbocycles. The van der Waals surface area contributed by atoms with Crippen LogP contribution in [0.2, 0.25) is 0 Å². The largest absolute Gasteiger partial charge is 0.324 e. The van der Waals surface area contributed by atoms with Crippen LogP contribution in [-0.4, -0.2) is 15.3 Å². The van der Waals surface area contributed by atoms with Crippen LogP contribution in [0.5, 0.6) is 0 Å². The van der Waals surface area contributed by atoms with E-state index >= 15 is 0 Å². The van der Waals surface area contributed by atoms with E-state index in [0.717, 1.165) is 18.5 Å². The third-order valence-electron chi connectivity index (χ3n) is 4.40. The molecule has 2 N–H and O–H groups in total. The van der Waals surface area contributed by atoms with Gasteiger partial charge >= 0.3 is 0 Å². The van der Waals surface area contributed by atoms with E-state index in [9.17, 15) is 0 Å². The number of aryl methyl sites for hydroxylation is 1. The summed E-state index contributed by atoms with van der Waals surface area (Å²) >= 11 is 0. The first-order chi connectivity index (χ1) is 8.31. The molecule has 0 radical (unpaired) electrons. The summed E-state index contributed by atoms with van der Waals surface area (Å²) in [5.41, 5.74) is 8.12. The Bertz CT molecular complexity index is 402. The summed E-state index contributed by atoms with van der Waals surface area (Å²) in [4.78, 5) is 0. The predicted octanol–water partition coefficient (Wildman–Crippen LogP) is 2.90. The lowest BCUT2D eigenvalue weighted by Crippen LogP contribution is -2.55. The molecule has 2 unspecified atom stereocenters. The summed E-state index contributed by atoms with van der Waals surface area (Å²) in [6.45, 7) is 6.97. The second-order valence-electron chi connectivity index (χ2n) is 7.06. The number of hydrogen-bond donors (Lipinski definition) is 1. The van der Waals surface area contributed by atoms with Crippen molar-refractivity contribution in [3.8, 4) is 0 Å². The lowest BCUT2D eigenvalue weighted by Gasteiger charge is -2.48. The summed E-state index contributed by atoms with van der Waals surface area (Å²) < 4.78 is 1.87. The lowest BCUT2D eigenvalue weighted by atomic mass is 9.61. The Morgan fingerprint density at radius 2 is 2.17 bits per heavy atom. The van der Waals surface area contributed by atoms with Crippen LogP contribution >= 0.6 is 0 Å². The first-order valence-electron chi connectivity index (χ1n) is 7.09. The highest BCUT2D eigenvalue weighted by atomic mass is 15.2. The van der Waals surface area contributed by atoms with Crippen molar-refractivity contribution < 1.29 is 0 Å². The van der Waals surface area contributed by atoms with Gasteiger partial charge in [-0.2, -0.15) is 5.10 Å². The van der Waals surface area contributed by atoms with Crippen LogP contribution in [-0.2, 0) is 13.5 Å². The van der Waals surface area contributed by atoms with Crippen LogP contribution in [0.3, 0.4) is 0 Å². The van der Waals surface area contributed by atoms with E-state index in [2.05, 4.69) is 31.9 Å². The van der Waals surface area contributed by atoms with E-state index in [1.165, 1.54) is 19.3 Å². The van der Waals surface area contributed by atoms with Gasteiger partial charge in [-0.15, -0.1) is 0 Å². The first-order valence-corrected chi connectivity index (χ1v) is 7.09. The number of nitrogens with zero attached hydrogens (tertiary/aromatic N) is 2. The Morgan fingerprint density at radius 1 is 1.44 bits per heavy atom. The molecule has 2 rings (SSSR count). The van der Waals surface area contributed by atoms with Crippen LogP contribution in [0.25, 0.3) is 0 Å². The topological polar surface area (TPSA) is 43.8 Å². The number of rotatable bonds is 2. The standard InChI is InChI=1S/C15H27N3/c1-14(2,3)13-7-5-6-9-15(13,16)11-12-8-10-18(4)17-12/h8,10,13H,5-7,9,11,16H2,1-4H3. The van der Waals surface area contributed by atoms with E-state index in [1.807, 2.05) is 17.9 Å². The molecule has 2 atom stereocenters. The molecule has 102 valence electrons. The molecule has 0 bridgehead atoms. The van der Waals surface area contributed by atoms with Crippen molar-refractivity contribution in [2.24, 2.45) is 24.1 Å². The molecular formula is C15H27N3. The molecule has 1 aromatic heterocycles. The van der Waals surface area contributed by atoms with Gasteiger partial charge in [-0.05, 0) is 30.2 Å². The molecule has 1 aliphatic rings. The smallest absolute Gasteiger partial charge is 0.0642 e. The van der Waals surface area contributed by atoms with Crippen molar-refractivity contribution >= 4 is 0 Å². The van der Waals surface area contributed by atoms with Crippen molar-refractivity contribution in [2.75, 3.05) is 0 Å². The normalized spacial score (nSPS) is 29.5. The van der Waals surface area contributed by atoms with Gasteiger partial charge in [-0.3, -0.25) is 4.68 Å². The van der Waals surface area contributed by atoms with Crippen molar-refractivity contribution in [2.45, 2.75) is 58.4 Å². The number of aromatic nitrogens is 2. The highest BCUT2D eigenvalue weighted by Gasteiger charge is 2.43. The summed E-state index contributed by atoms with van der Waals surface area (Å²) in [6, 6.07) is 2.10. The second kappa shape index (κ2) is 4.69. The zero-order chi connectivity index (χ0) is 13.4. The number of nitrogens with two attached hydrogens (primary N) is 1. The van der Waals surface area contributed by atoms with Crippen molar-refractivity contribution in [3.05, 3.63) is 18.0 Å². The molecule has 18 heavy (non-hydrogen) atoms. The minimum Gasteiger partial charge on any atom is -0.324 e. The zero-order valence-corrected chi connectivity index (χ0v) is 12.2. The van der Waals surface area contributed by atoms with Crippen LogP contribution in [0.15, 0.2) is 12.3 Å². The van der Waals surface area contributed by atoms with E-state index in [0.29, 0.717) is 5.92 Å². The van der Waals surface area contributed by atoms with Gasteiger partial charge in [0, 0.05) is 25.2 Å². The van der Waals surface area contributed by atoms with Crippen molar-refractivity contribution in [1.29, 1.82) is 0 Å². The maximum absolute atomic E-state index is 6.78. The Kier molecular flexibility index (Phi) is 3.54. The summed E-state index contributed by atoms with van der Waals surface area (Å²) in [5, 5.41) is 4.50. The van der Waals surface area contributed by atoms with Gasteiger partial charge in [0.05, 0.1) is 5.69 Å². The van der Waals surface area contributed by atoms with Gasteiger partial charge in [-0.25, -0.2) is 0 Å². The Morgan fingerprint density at radius 3 is 2.72 bits per heavy atom. The highest BCUT2D eigenvalue weighted by Crippen LogP contribution is 2.44. The monoisotopic (exact) mass is 249 g/mol. The predicted molar refractivity (Wildman–Crippen MR) is 75.2 cm³/mol. The SMILES string of the molecule is Cn1ccc(CC2(N)CCCCC2C(C)(C)C)n1. The molecule has 3 heteroatoms. The number of hydrogen-bond acceptors (Lipinski definition) is 2. The molecule has 0 aliphatic heterocycles. The fraction of sp³-hybridized carbons (Fsp3) is 0.800. The van der Waals surface area contributed by atoms with E-state index < -0.39 is 0 Å². The fourth-order valence-corrected chi connectivity index (χ4v) is 3.67.